The molecule has 118 valence electrons. The van der Waals surface area contributed by atoms with Gasteiger partial charge in [0.1, 0.15) is 6.10 Å². The standard InChI is InChI=1S/C13H18F3N3O2/c14-13(15,16)9-3-1-8(2-4-9)12-18-11(19-21-12)10-7-17-5-6-20-10/h8-10,17H,1-7H2. The molecule has 2 aliphatic rings. The van der Waals surface area contributed by atoms with Crippen molar-refractivity contribution < 1.29 is 22.4 Å². The molecule has 0 radical (unpaired) electrons. The van der Waals surface area contributed by atoms with Crippen LogP contribution in [0.4, 0.5) is 13.2 Å². The van der Waals surface area contributed by atoms with Gasteiger partial charge in [-0.05, 0) is 25.7 Å². The van der Waals surface area contributed by atoms with Gasteiger partial charge in [-0.15, -0.1) is 0 Å². The molecule has 3 rings (SSSR count). The first-order valence-corrected chi connectivity index (χ1v) is 7.26. The average Bonchev–Trinajstić information content (AvgIpc) is 2.97. The van der Waals surface area contributed by atoms with Crippen LogP contribution in [0.25, 0.3) is 0 Å². The molecule has 0 aromatic carbocycles. The van der Waals surface area contributed by atoms with Crippen molar-refractivity contribution in [2.24, 2.45) is 5.92 Å². The maximum absolute atomic E-state index is 12.6. The van der Waals surface area contributed by atoms with Crippen LogP contribution in [0, 0.1) is 5.92 Å². The van der Waals surface area contributed by atoms with Crippen molar-refractivity contribution in [3.63, 3.8) is 0 Å². The zero-order valence-corrected chi connectivity index (χ0v) is 11.5. The molecule has 5 nitrogen and oxygen atoms in total. The maximum Gasteiger partial charge on any atom is 0.391 e. The first kappa shape index (κ1) is 14.8. The first-order chi connectivity index (χ1) is 10.0. The minimum absolute atomic E-state index is 0.0681. The average molecular weight is 305 g/mol. The second-order valence-electron chi connectivity index (χ2n) is 5.64. The van der Waals surface area contributed by atoms with Gasteiger partial charge in [-0.1, -0.05) is 5.16 Å². The summed E-state index contributed by atoms with van der Waals surface area (Å²) >= 11 is 0. The summed E-state index contributed by atoms with van der Waals surface area (Å²) in [6.45, 7) is 2.01. The SMILES string of the molecule is FC(F)(F)C1CCC(c2nc(C3CNCCO3)no2)CC1. The zero-order valence-electron chi connectivity index (χ0n) is 11.5. The Balaban J connectivity index is 1.60. The Morgan fingerprint density at radius 1 is 1.14 bits per heavy atom. The molecule has 2 heterocycles. The van der Waals surface area contributed by atoms with Crippen LogP contribution in [-0.4, -0.2) is 36.0 Å². The number of morpholine rings is 1. The summed E-state index contributed by atoms with van der Waals surface area (Å²) in [5.74, 6) is -0.335. The number of ether oxygens (including phenoxy) is 1. The van der Waals surface area contributed by atoms with Gasteiger partial charge >= 0.3 is 6.18 Å². The summed E-state index contributed by atoms with van der Waals surface area (Å²) < 4.78 is 48.7. The van der Waals surface area contributed by atoms with Gasteiger partial charge in [0, 0.05) is 19.0 Å². The smallest absolute Gasteiger partial charge is 0.367 e. The first-order valence-electron chi connectivity index (χ1n) is 7.26. The van der Waals surface area contributed by atoms with Crippen molar-refractivity contribution in [3.8, 4) is 0 Å². The van der Waals surface area contributed by atoms with Crippen molar-refractivity contribution in [2.75, 3.05) is 19.7 Å². The van der Waals surface area contributed by atoms with Gasteiger partial charge in [-0.3, -0.25) is 0 Å². The molecule has 1 saturated carbocycles. The lowest BCUT2D eigenvalue weighted by Crippen LogP contribution is -2.33. The van der Waals surface area contributed by atoms with Gasteiger partial charge in [-0.25, -0.2) is 0 Å². The van der Waals surface area contributed by atoms with Crippen LogP contribution in [0.3, 0.4) is 0 Å². The summed E-state index contributed by atoms with van der Waals surface area (Å²) in [5.41, 5.74) is 0. The Labute approximate surface area is 120 Å². The number of hydrogen-bond acceptors (Lipinski definition) is 5. The van der Waals surface area contributed by atoms with Gasteiger partial charge < -0.3 is 14.6 Å². The fourth-order valence-corrected chi connectivity index (χ4v) is 2.94. The van der Waals surface area contributed by atoms with Crippen LogP contribution in [-0.2, 0) is 4.74 Å². The van der Waals surface area contributed by atoms with Crippen molar-refractivity contribution >= 4 is 0 Å². The lowest BCUT2D eigenvalue weighted by atomic mass is 9.81. The summed E-state index contributed by atoms with van der Waals surface area (Å²) in [6, 6.07) is 0. The molecule has 0 bridgehead atoms. The largest absolute Gasteiger partial charge is 0.391 e. The molecule has 1 unspecified atom stereocenters. The molecule has 1 aromatic heterocycles. The predicted molar refractivity (Wildman–Crippen MR) is 66.6 cm³/mol. The van der Waals surface area contributed by atoms with E-state index in [1.165, 1.54) is 0 Å². The van der Waals surface area contributed by atoms with Gasteiger partial charge in [0.05, 0.1) is 12.5 Å². The third kappa shape index (κ3) is 3.37. The topological polar surface area (TPSA) is 60.2 Å². The molecule has 1 atom stereocenters. The summed E-state index contributed by atoms with van der Waals surface area (Å²) in [6.07, 6.45) is -3.18. The van der Waals surface area contributed by atoms with Crippen LogP contribution in [0.5, 0.6) is 0 Å². The molecule has 1 aliphatic carbocycles. The number of halogens is 3. The number of rotatable bonds is 2. The Hall–Kier alpha value is -1.15. The van der Waals surface area contributed by atoms with Crippen molar-refractivity contribution in [1.29, 1.82) is 0 Å². The van der Waals surface area contributed by atoms with E-state index in [9.17, 15) is 13.2 Å². The molecule has 1 aromatic rings. The fourth-order valence-electron chi connectivity index (χ4n) is 2.94. The van der Waals surface area contributed by atoms with Crippen LogP contribution >= 0.6 is 0 Å². The van der Waals surface area contributed by atoms with E-state index in [4.69, 9.17) is 9.26 Å². The normalized spacial score (nSPS) is 31.3. The Morgan fingerprint density at radius 3 is 2.52 bits per heavy atom. The molecule has 1 saturated heterocycles. The highest BCUT2D eigenvalue weighted by Gasteiger charge is 2.42. The zero-order chi connectivity index (χ0) is 14.9. The third-order valence-electron chi connectivity index (χ3n) is 4.21. The molecule has 1 N–H and O–H groups in total. The van der Waals surface area contributed by atoms with E-state index in [1.807, 2.05) is 0 Å². The number of alkyl halides is 3. The van der Waals surface area contributed by atoms with E-state index in [0.717, 1.165) is 6.54 Å². The molecule has 0 amide bonds. The molecule has 21 heavy (non-hydrogen) atoms. The minimum Gasteiger partial charge on any atom is -0.367 e. The van der Waals surface area contributed by atoms with Gasteiger partial charge in [0.25, 0.3) is 0 Å². The van der Waals surface area contributed by atoms with Gasteiger partial charge in [-0.2, -0.15) is 18.2 Å². The lowest BCUT2D eigenvalue weighted by molar-refractivity contribution is -0.182. The molecule has 8 heteroatoms. The lowest BCUT2D eigenvalue weighted by Gasteiger charge is -2.27. The highest BCUT2D eigenvalue weighted by Crippen LogP contribution is 2.42. The third-order valence-corrected chi connectivity index (χ3v) is 4.21. The van der Waals surface area contributed by atoms with Gasteiger partial charge in [0.2, 0.25) is 11.7 Å². The van der Waals surface area contributed by atoms with E-state index in [2.05, 4.69) is 15.5 Å². The number of hydrogen-bond donors (Lipinski definition) is 1. The molecule has 2 fully saturated rings. The Bertz CT molecular complexity index is 463. The van der Waals surface area contributed by atoms with Crippen molar-refractivity contribution in [2.45, 2.75) is 43.9 Å². The monoisotopic (exact) mass is 305 g/mol. The van der Waals surface area contributed by atoms with Crippen molar-refractivity contribution in [3.05, 3.63) is 11.7 Å². The number of nitrogens with one attached hydrogen (secondary N) is 1. The van der Waals surface area contributed by atoms with Gasteiger partial charge in [0.15, 0.2) is 0 Å². The van der Waals surface area contributed by atoms with Crippen LogP contribution < -0.4 is 5.32 Å². The number of aromatic nitrogens is 2. The quantitative estimate of drug-likeness (QED) is 0.910. The summed E-state index contributed by atoms with van der Waals surface area (Å²) in [4.78, 5) is 4.32. The van der Waals surface area contributed by atoms with Crippen LogP contribution in [0.1, 0.15) is 49.4 Å². The molecule has 0 spiro atoms. The maximum atomic E-state index is 12.6. The fraction of sp³-hybridized carbons (Fsp3) is 0.846. The van der Waals surface area contributed by atoms with E-state index in [1.54, 1.807) is 0 Å². The molecular weight excluding hydrogens is 287 g/mol. The van der Waals surface area contributed by atoms with E-state index < -0.39 is 12.1 Å². The number of nitrogens with zero attached hydrogens (tertiary/aromatic N) is 2. The minimum atomic E-state index is -4.09. The summed E-state index contributed by atoms with van der Waals surface area (Å²) in [5, 5.41) is 7.08. The van der Waals surface area contributed by atoms with Crippen LogP contribution in [0.15, 0.2) is 4.52 Å². The second kappa shape index (κ2) is 5.92. The second-order valence-corrected chi connectivity index (χ2v) is 5.64. The van der Waals surface area contributed by atoms with Crippen molar-refractivity contribution in [1.82, 2.24) is 15.5 Å². The Morgan fingerprint density at radius 2 is 1.90 bits per heavy atom. The Kier molecular flexibility index (Phi) is 4.17. The van der Waals surface area contributed by atoms with E-state index >= 15 is 0 Å². The highest BCUT2D eigenvalue weighted by molar-refractivity contribution is 5.00. The molecule has 1 aliphatic heterocycles. The highest BCUT2D eigenvalue weighted by atomic mass is 19.4. The van der Waals surface area contributed by atoms with E-state index in [-0.39, 0.29) is 24.9 Å². The van der Waals surface area contributed by atoms with E-state index in [0.29, 0.717) is 37.7 Å². The van der Waals surface area contributed by atoms with Crippen LogP contribution in [0.2, 0.25) is 0 Å². The predicted octanol–water partition coefficient (Wildman–Crippen LogP) is 2.57. The summed E-state index contributed by atoms with van der Waals surface area (Å²) in [7, 11) is 0. The molecular formula is C13H18F3N3O2.